The van der Waals surface area contributed by atoms with E-state index in [9.17, 15) is 4.79 Å². The van der Waals surface area contributed by atoms with Crippen LogP contribution in [0.3, 0.4) is 0 Å². The summed E-state index contributed by atoms with van der Waals surface area (Å²) in [4.78, 5) is 10.6. The number of nitrogens with zero attached hydrogens (tertiary/aromatic N) is 1. The van der Waals surface area contributed by atoms with Crippen molar-refractivity contribution in [2.24, 2.45) is 0 Å². The molecule has 4 nitrogen and oxygen atoms in total. The average molecular weight is 191 g/mol. The molecule has 0 fully saturated rings. The van der Waals surface area contributed by atoms with Gasteiger partial charge in [-0.15, -0.1) is 0 Å². The summed E-state index contributed by atoms with van der Waals surface area (Å²) < 4.78 is 9.97. The third-order valence-corrected chi connectivity index (χ3v) is 1.80. The van der Waals surface area contributed by atoms with E-state index in [1.165, 1.54) is 26.4 Å². The van der Waals surface area contributed by atoms with E-state index >= 15 is 0 Å². The summed E-state index contributed by atoms with van der Waals surface area (Å²) >= 11 is 0. The molecule has 0 aromatic heterocycles. The summed E-state index contributed by atoms with van der Waals surface area (Å²) in [6, 6.07) is 4.86. The molecule has 0 saturated heterocycles. The third-order valence-electron chi connectivity index (χ3n) is 1.80. The lowest BCUT2D eigenvalue weighted by molar-refractivity contribution is 0.112. The molecule has 0 spiro atoms. The molecular weight excluding hydrogens is 182 g/mol. The molecule has 0 aliphatic carbocycles. The number of methoxy groups -OCH3 is 2. The molecule has 0 bridgehead atoms. The van der Waals surface area contributed by atoms with E-state index in [0.29, 0.717) is 23.3 Å². The largest absolute Gasteiger partial charge is 0.493 e. The molecule has 0 radical (unpaired) electrons. The zero-order chi connectivity index (χ0) is 10.6. The van der Waals surface area contributed by atoms with Crippen molar-refractivity contribution in [2.75, 3.05) is 14.2 Å². The first-order chi connectivity index (χ1) is 6.76. The van der Waals surface area contributed by atoms with Gasteiger partial charge < -0.3 is 9.47 Å². The number of carbonyl (C=O) groups excluding carboxylic acids is 1. The Bertz CT molecular complexity index is 393. The fourth-order valence-corrected chi connectivity index (χ4v) is 1.09. The van der Waals surface area contributed by atoms with E-state index < -0.39 is 0 Å². The van der Waals surface area contributed by atoms with Gasteiger partial charge in [-0.25, -0.2) is 0 Å². The Kier molecular flexibility index (Phi) is 3.08. The Morgan fingerprint density at radius 2 is 1.86 bits per heavy atom. The van der Waals surface area contributed by atoms with Gasteiger partial charge in [-0.1, -0.05) is 0 Å². The molecule has 1 rings (SSSR count). The fourth-order valence-electron chi connectivity index (χ4n) is 1.09. The minimum atomic E-state index is 0.276. The normalized spacial score (nSPS) is 8.93. The number of hydrogen-bond acceptors (Lipinski definition) is 4. The number of ether oxygens (including phenoxy) is 2. The van der Waals surface area contributed by atoms with Crippen LogP contribution in [0.1, 0.15) is 15.9 Å². The summed E-state index contributed by atoms with van der Waals surface area (Å²) in [5.74, 6) is 0.878. The Morgan fingerprint density at radius 3 is 2.29 bits per heavy atom. The number of hydrogen-bond donors (Lipinski definition) is 0. The molecule has 0 amide bonds. The molecule has 4 heteroatoms. The lowest BCUT2D eigenvalue weighted by Crippen LogP contribution is -1.95. The summed E-state index contributed by atoms with van der Waals surface area (Å²) in [6.45, 7) is 0. The summed E-state index contributed by atoms with van der Waals surface area (Å²) in [5.41, 5.74) is 0.572. The predicted molar refractivity (Wildman–Crippen MR) is 49.6 cm³/mol. The third kappa shape index (κ3) is 1.67. The molecule has 0 heterocycles. The van der Waals surface area contributed by atoms with Crippen LogP contribution in [-0.4, -0.2) is 20.5 Å². The fraction of sp³-hybridized carbons (Fsp3) is 0.200. The highest BCUT2D eigenvalue weighted by molar-refractivity contribution is 5.81. The zero-order valence-electron chi connectivity index (χ0n) is 7.90. The second kappa shape index (κ2) is 4.28. The van der Waals surface area contributed by atoms with Gasteiger partial charge in [0, 0.05) is 11.6 Å². The molecule has 0 N–H and O–H groups in total. The van der Waals surface area contributed by atoms with Crippen molar-refractivity contribution in [3.8, 4) is 17.6 Å². The molecule has 0 atom stereocenters. The molecule has 72 valence electrons. The van der Waals surface area contributed by atoms with E-state index in [4.69, 9.17) is 14.7 Å². The Labute approximate surface area is 81.7 Å². The summed E-state index contributed by atoms with van der Waals surface area (Å²) in [6.07, 6.45) is 0.612. The quantitative estimate of drug-likeness (QED) is 0.677. The Balaban J connectivity index is 3.37. The average Bonchev–Trinajstić information content (AvgIpc) is 2.26. The van der Waals surface area contributed by atoms with E-state index in [1.807, 2.05) is 6.07 Å². The number of rotatable bonds is 3. The number of benzene rings is 1. The van der Waals surface area contributed by atoms with Crippen LogP contribution >= 0.6 is 0 Å². The molecule has 0 unspecified atom stereocenters. The van der Waals surface area contributed by atoms with Crippen molar-refractivity contribution < 1.29 is 14.3 Å². The molecule has 0 aliphatic rings. The molecule has 14 heavy (non-hydrogen) atoms. The monoisotopic (exact) mass is 191 g/mol. The van der Waals surface area contributed by atoms with Gasteiger partial charge in [-0.2, -0.15) is 5.26 Å². The van der Waals surface area contributed by atoms with Gasteiger partial charge in [0.15, 0.2) is 17.8 Å². The molecule has 1 aromatic rings. The highest BCUT2D eigenvalue weighted by Gasteiger charge is 2.09. The molecule has 0 saturated carbocycles. The van der Waals surface area contributed by atoms with E-state index in [-0.39, 0.29) is 5.56 Å². The van der Waals surface area contributed by atoms with E-state index in [2.05, 4.69) is 0 Å². The highest BCUT2D eigenvalue weighted by atomic mass is 16.5. The van der Waals surface area contributed by atoms with Gasteiger partial charge in [-0.05, 0) is 6.07 Å². The summed E-state index contributed by atoms with van der Waals surface area (Å²) in [7, 11) is 2.94. The second-order valence-corrected chi connectivity index (χ2v) is 2.52. The first-order valence-electron chi connectivity index (χ1n) is 3.88. The molecular formula is C10H9NO3. The van der Waals surface area contributed by atoms with Crippen LogP contribution in [0.4, 0.5) is 0 Å². The Morgan fingerprint density at radius 1 is 1.29 bits per heavy atom. The van der Waals surface area contributed by atoms with Gasteiger partial charge in [0.1, 0.15) is 6.07 Å². The SMILES string of the molecule is COc1cc(C#N)c(C=O)cc1OC. The maximum atomic E-state index is 10.6. The van der Waals surface area contributed by atoms with Crippen LogP contribution in [0.5, 0.6) is 11.5 Å². The van der Waals surface area contributed by atoms with Crippen LogP contribution in [0.15, 0.2) is 12.1 Å². The maximum absolute atomic E-state index is 10.6. The maximum Gasteiger partial charge on any atom is 0.162 e. The standard InChI is InChI=1S/C10H9NO3/c1-13-9-3-7(5-11)8(6-12)4-10(9)14-2/h3-4,6H,1-2H3. The van der Waals surface area contributed by atoms with Gasteiger partial charge in [0.05, 0.1) is 19.8 Å². The number of carbonyl (C=O) groups is 1. The van der Waals surface area contributed by atoms with Gasteiger partial charge >= 0.3 is 0 Å². The van der Waals surface area contributed by atoms with Gasteiger partial charge in [0.25, 0.3) is 0 Å². The number of aldehydes is 1. The lowest BCUT2D eigenvalue weighted by Gasteiger charge is -2.08. The minimum absolute atomic E-state index is 0.276. The van der Waals surface area contributed by atoms with Crippen molar-refractivity contribution in [1.82, 2.24) is 0 Å². The van der Waals surface area contributed by atoms with E-state index in [1.54, 1.807) is 0 Å². The van der Waals surface area contributed by atoms with Crippen LogP contribution in [-0.2, 0) is 0 Å². The Hall–Kier alpha value is -2.02. The predicted octanol–water partition coefficient (Wildman–Crippen LogP) is 1.39. The smallest absolute Gasteiger partial charge is 0.162 e. The number of nitriles is 1. The molecule has 1 aromatic carbocycles. The van der Waals surface area contributed by atoms with E-state index in [0.717, 1.165) is 0 Å². The topological polar surface area (TPSA) is 59.3 Å². The van der Waals surface area contributed by atoms with Crippen LogP contribution in [0, 0.1) is 11.3 Å². The van der Waals surface area contributed by atoms with Crippen molar-refractivity contribution >= 4 is 6.29 Å². The lowest BCUT2D eigenvalue weighted by atomic mass is 10.1. The van der Waals surface area contributed by atoms with Crippen molar-refractivity contribution in [3.05, 3.63) is 23.3 Å². The highest BCUT2D eigenvalue weighted by Crippen LogP contribution is 2.29. The van der Waals surface area contributed by atoms with Gasteiger partial charge in [0.2, 0.25) is 0 Å². The zero-order valence-corrected chi connectivity index (χ0v) is 7.90. The first-order valence-corrected chi connectivity index (χ1v) is 3.88. The van der Waals surface area contributed by atoms with Crippen molar-refractivity contribution in [3.63, 3.8) is 0 Å². The second-order valence-electron chi connectivity index (χ2n) is 2.52. The first kappa shape index (κ1) is 10.1. The van der Waals surface area contributed by atoms with Gasteiger partial charge in [-0.3, -0.25) is 4.79 Å². The minimum Gasteiger partial charge on any atom is -0.493 e. The van der Waals surface area contributed by atoms with Crippen LogP contribution < -0.4 is 9.47 Å². The van der Waals surface area contributed by atoms with Crippen LogP contribution in [0.2, 0.25) is 0 Å². The van der Waals surface area contributed by atoms with Crippen molar-refractivity contribution in [2.45, 2.75) is 0 Å². The van der Waals surface area contributed by atoms with Crippen LogP contribution in [0.25, 0.3) is 0 Å². The van der Waals surface area contributed by atoms with Crippen molar-refractivity contribution in [1.29, 1.82) is 5.26 Å². The molecule has 0 aliphatic heterocycles. The summed E-state index contributed by atoms with van der Waals surface area (Å²) in [5, 5.41) is 8.73.